The van der Waals surface area contributed by atoms with E-state index in [9.17, 15) is 0 Å². The Morgan fingerprint density at radius 1 is 1.44 bits per heavy atom. The SMILES string of the molecule is CCC1(CC)C[C@@H](N)c2ccc(Cl)cc2O1. The average molecular weight is 240 g/mol. The Balaban J connectivity index is 2.41. The summed E-state index contributed by atoms with van der Waals surface area (Å²) >= 11 is 5.98. The van der Waals surface area contributed by atoms with Crippen molar-refractivity contribution in [1.82, 2.24) is 0 Å². The quantitative estimate of drug-likeness (QED) is 0.855. The van der Waals surface area contributed by atoms with Gasteiger partial charge >= 0.3 is 0 Å². The van der Waals surface area contributed by atoms with Crippen LogP contribution in [0, 0.1) is 0 Å². The Labute approximate surface area is 102 Å². The number of halogens is 1. The molecule has 0 amide bonds. The van der Waals surface area contributed by atoms with Crippen molar-refractivity contribution in [2.45, 2.75) is 44.8 Å². The Morgan fingerprint density at radius 2 is 2.12 bits per heavy atom. The van der Waals surface area contributed by atoms with Crippen LogP contribution in [0.25, 0.3) is 0 Å². The van der Waals surface area contributed by atoms with Crippen molar-refractivity contribution in [3.63, 3.8) is 0 Å². The normalized spacial score (nSPS) is 22.4. The molecule has 2 nitrogen and oxygen atoms in total. The molecule has 3 heteroatoms. The summed E-state index contributed by atoms with van der Waals surface area (Å²) in [5, 5.41) is 0.703. The zero-order valence-corrected chi connectivity index (χ0v) is 10.6. The first kappa shape index (κ1) is 11.7. The highest BCUT2D eigenvalue weighted by Crippen LogP contribution is 2.42. The van der Waals surface area contributed by atoms with Crippen molar-refractivity contribution >= 4 is 11.6 Å². The van der Waals surface area contributed by atoms with E-state index < -0.39 is 0 Å². The molecule has 1 aromatic carbocycles. The Bertz CT molecular complexity index is 388. The molecule has 0 saturated heterocycles. The number of ether oxygens (including phenoxy) is 1. The standard InChI is InChI=1S/C13H18ClNO/c1-3-13(4-2)8-11(15)10-6-5-9(14)7-12(10)16-13/h5-7,11H,3-4,8,15H2,1-2H3/t11-/m1/s1. The molecule has 0 aromatic heterocycles. The fourth-order valence-corrected chi connectivity index (χ4v) is 2.53. The van der Waals surface area contributed by atoms with Gasteiger partial charge in [-0.25, -0.2) is 0 Å². The van der Waals surface area contributed by atoms with Gasteiger partial charge in [0.15, 0.2) is 0 Å². The van der Waals surface area contributed by atoms with Crippen molar-refractivity contribution in [3.8, 4) is 5.75 Å². The molecule has 0 unspecified atom stereocenters. The monoisotopic (exact) mass is 239 g/mol. The molecule has 2 rings (SSSR count). The third-order valence-electron chi connectivity index (χ3n) is 3.58. The molecule has 1 atom stereocenters. The van der Waals surface area contributed by atoms with E-state index in [1.54, 1.807) is 0 Å². The zero-order chi connectivity index (χ0) is 11.8. The first-order chi connectivity index (χ1) is 7.60. The van der Waals surface area contributed by atoms with E-state index in [2.05, 4.69) is 13.8 Å². The lowest BCUT2D eigenvalue weighted by Gasteiger charge is -2.40. The summed E-state index contributed by atoms with van der Waals surface area (Å²) in [7, 11) is 0. The Hall–Kier alpha value is -0.730. The molecule has 0 radical (unpaired) electrons. The van der Waals surface area contributed by atoms with Gasteiger partial charge < -0.3 is 10.5 Å². The number of rotatable bonds is 2. The lowest BCUT2D eigenvalue weighted by molar-refractivity contribution is 0.0282. The number of hydrogen-bond acceptors (Lipinski definition) is 2. The number of nitrogens with two attached hydrogens (primary N) is 1. The average Bonchev–Trinajstić information content (AvgIpc) is 2.28. The van der Waals surface area contributed by atoms with Gasteiger partial charge in [-0.3, -0.25) is 0 Å². The second kappa shape index (κ2) is 4.27. The first-order valence-electron chi connectivity index (χ1n) is 5.84. The fraction of sp³-hybridized carbons (Fsp3) is 0.538. The van der Waals surface area contributed by atoms with Crippen molar-refractivity contribution in [3.05, 3.63) is 28.8 Å². The van der Waals surface area contributed by atoms with Crippen LogP contribution in [0.3, 0.4) is 0 Å². The lowest BCUT2D eigenvalue weighted by Crippen LogP contribution is -2.41. The van der Waals surface area contributed by atoms with Gasteiger partial charge in [-0.15, -0.1) is 0 Å². The summed E-state index contributed by atoms with van der Waals surface area (Å²) in [6.07, 6.45) is 2.83. The topological polar surface area (TPSA) is 35.2 Å². The summed E-state index contributed by atoms with van der Waals surface area (Å²) in [5.74, 6) is 0.856. The molecule has 0 spiro atoms. The van der Waals surface area contributed by atoms with E-state index in [1.807, 2.05) is 18.2 Å². The maximum Gasteiger partial charge on any atom is 0.126 e. The van der Waals surface area contributed by atoms with Crippen LogP contribution in [0.4, 0.5) is 0 Å². The Kier molecular flexibility index (Phi) is 3.13. The van der Waals surface area contributed by atoms with Crippen molar-refractivity contribution in [2.75, 3.05) is 0 Å². The third-order valence-corrected chi connectivity index (χ3v) is 3.82. The maximum absolute atomic E-state index is 6.20. The van der Waals surface area contributed by atoms with Crippen molar-refractivity contribution in [2.24, 2.45) is 5.73 Å². The molecule has 2 N–H and O–H groups in total. The molecule has 16 heavy (non-hydrogen) atoms. The van der Waals surface area contributed by atoms with E-state index in [-0.39, 0.29) is 11.6 Å². The summed E-state index contributed by atoms with van der Waals surface area (Å²) in [5.41, 5.74) is 7.16. The lowest BCUT2D eigenvalue weighted by atomic mass is 9.84. The molecule has 0 fully saturated rings. The molecule has 1 heterocycles. The Morgan fingerprint density at radius 3 is 2.75 bits per heavy atom. The molecule has 0 aliphatic carbocycles. The number of hydrogen-bond donors (Lipinski definition) is 1. The van der Waals surface area contributed by atoms with Crippen LogP contribution in [0.15, 0.2) is 18.2 Å². The van der Waals surface area contributed by atoms with Gasteiger partial charge in [0.1, 0.15) is 11.4 Å². The zero-order valence-electron chi connectivity index (χ0n) is 9.79. The van der Waals surface area contributed by atoms with E-state index in [0.717, 1.165) is 30.6 Å². The van der Waals surface area contributed by atoms with Crippen LogP contribution >= 0.6 is 11.6 Å². The predicted molar refractivity (Wildman–Crippen MR) is 66.9 cm³/mol. The third kappa shape index (κ3) is 1.92. The molecular formula is C13H18ClNO. The maximum atomic E-state index is 6.20. The number of fused-ring (bicyclic) bond motifs is 1. The second-order valence-corrected chi connectivity index (χ2v) is 4.92. The van der Waals surface area contributed by atoms with Gasteiger partial charge in [0, 0.05) is 23.0 Å². The molecule has 88 valence electrons. The predicted octanol–water partition coefficient (Wildman–Crippen LogP) is 3.68. The van der Waals surface area contributed by atoms with Crippen LogP contribution in [0.2, 0.25) is 5.02 Å². The highest BCUT2D eigenvalue weighted by molar-refractivity contribution is 6.30. The first-order valence-corrected chi connectivity index (χ1v) is 6.22. The van der Waals surface area contributed by atoms with Gasteiger partial charge in [-0.1, -0.05) is 31.5 Å². The largest absolute Gasteiger partial charge is 0.487 e. The van der Waals surface area contributed by atoms with E-state index in [1.165, 1.54) is 0 Å². The van der Waals surface area contributed by atoms with E-state index in [0.29, 0.717) is 5.02 Å². The minimum Gasteiger partial charge on any atom is -0.487 e. The molecule has 0 bridgehead atoms. The highest BCUT2D eigenvalue weighted by Gasteiger charge is 2.36. The smallest absolute Gasteiger partial charge is 0.126 e. The van der Waals surface area contributed by atoms with Crippen molar-refractivity contribution in [1.29, 1.82) is 0 Å². The van der Waals surface area contributed by atoms with Crippen LogP contribution < -0.4 is 10.5 Å². The van der Waals surface area contributed by atoms with E-state index in [4.69, 9.17) is 22.1 Å². The summed E-state index contributed by atoms with van der Waals surface area (Å²) in [6.45, 7) is 4.29. The van der Waals surface area contributed by atoms with Crippen LogP contribution in [-0.4, -0.2) is 5.60 Å². The second-order valence-electron chi connectivity index (χ2n) is 4.48. The number of benzene rings is 1. The minimum atomic E-state index is -0.114. The molecule has 1 aliphatic heterocycles. The van der Waals surface area contributed by atoms with Crippen LogP contribution in [0.1, 0.15) is 44.7 Å². The van der Waals surface area contributed by atoms with Gasteiger partial charge in [0.2, 0.25) is 0 Å². The van der Waals surface area contributed by atoms with Crippen LogP contribution in [-0.2, 0) is 0 Å². The molecule has 1 aliphatic rings. The van der Waals surface area contributed by atoms with Gasteiger partial charge in [-0.2, -0.15) is 0 Å². The fourth-order valence-electron chi connectivity index (χ4n) is 2.37. The molecule has 1 aromatic rings. The molecule has 0 saturated carbocycles. The van der Waals surface area contributed by atoms with E-state index >= 15 is 0 Å². The summed E-state index contributed by atoms with van der Waals surface area (Å²) in [4.78, 5) is 0. The van der Waals surface area contributed by atoms with Gasteiger partial charge in [-0.05, 0) is 25.0 Å². The summed E-state index contributed by atoms with van der Waals surface area (Å²) < 4.78 is 6.10. The van der Waals surface area contributed by atoms with Crippen LogP contribution in [0.5, 0.6) is 5.75 Å². The highest BCUT2D eigenvalue weighted by atomic mass is 35.5. The van der Waals surface area contributed by atoms with Gasteiger partial charge in [0.05, 0.1) is 0 Å². The minimum absolute atomic E-state index is 0.0564. The van der Waals surface area contributed by atoms with Crippen molar-refractivity contribution < 1.29 is 4.74 Å². The van der Waals surface area contributed by atoms with Gasteiger partial charge in [0.25, 0.3) is 0 Å². The summed E-state index contributed by atoms with van der Waals surface area (Å²) in [6, 6.07) is 5.77. The molecular weight excluding hydrogens is 222 g/mol.